The molecule has 1 rings (SSSR count). The molecule has 0 bridgehead atoms. The van der Waals surface area contributed by atoms with Gasteiger partial charge in [-0.2, -0.15) is 0 Å². The number of aliphatic hydroxyl groups excluding tert-OH is 1. The van der Waals surface area contributed by atoms with Crippen molar-refractivity contribution in [1.29, 1.82) is 0 Å². The first kappa shape index (κ1) is 14.4. The molecular formula is C11H10ClIO4. The molecule has 0 fully saturated rings. The second-order valence-electron chi connectivity index (χ2n) is 3.49. The molecule has 17 heavy (non-hydrogen) atoms. The maximum Gasteiger partial charge on any atom is 0.337 e. The van der Waals surface area contributed by atoms with E-state index in [9.17, 15) is 14.7 Å². The van der Waals surface area contributed by atoms with Crippen LogP contribution in [0.5, 0.6) is 0 Å². The Morgan fingerprint density at radius 3 is 2.41 bits per heavy atom. The van der Waals surface area contributed by atoms with Crippen LogP contribution in [-0.4, -0.2) is 27.3 Å². The normalized spacial score (nSPS) is 14.1. The summed E-state index contributed by atoms with van der Waals surface area (Å²) in [6.07, 6.45) is -1.64. The molecule has 6 heteroatoms. The zero-order valence-corrected chi connectivity index (χ0v) is 11.8. The number of aliphatic carboxylic acids is 1. The number of rotatable bonds is 4. The van der Waals surface area contributed by atoms with Gasteiger partial charge in [-0.05, 0) is 53.3 Å². The fourth-order valence-corrected chi connectivity index (χ4v) is 2.11. The molecule has 2 unspecified atom stereocenters. The van der Waals surface area contributed by atoms with Crippen molar-refractivity contribution in [2.75, 3.05) is 0 Å². The maximum absolute atomic E-state index is 11.7. The van der Waals surface area contributed by atoms with E-state index in [0.717, 1.165) is 0 Å². The number of carbonyl (C=O) groups excluding carboxylic acids is 1. The smallest absolute Gasteiger partial charge is 0.337 e. The van der Waals surface area contributed by atoms with Crippen molar-refractivity contribution in [3.63, 3.8) is 0 Å². The average molecular weight is 369 g/mol. The number of carboxylic acids is 1. The quantitative estimate of drug-likeness (QED) is 0.485. The van der Waals surface area contributed by atoms with Crippen molar-refractivity contribution in [2.24, 2.45) is 0 Å². The van der Waals surface area contributed by atoms with Crippen LogP contribution in [-0.2, 0) is 4.79 Å². The van der Waals surface area contributed by atoms with Crippen LogP contribution < -0.4 is 0 Å². The van der Waals surface area contributed by atoms with Crippen LogP contribution in [0, 0.1) is 3.57 Å². The molecule has 4 nitrogen and oxygen atoms in total. The third-order valence-electron chi connectivity index (χ3n) is 2.12. The van der Waals surface area contributed by atoms with E-state index in [1.54, 1.807) is 6.07 Å². The first-order chi connectivity index (χ1) is 7.82. The van der Waals surface area contributed by atoms with E-state index in [0.29, 0.717) is 9.13 Å². The lowest BCUT2D eigenvalue weighted by molar-refractivity contribution is -0.146. The topological polar surface area (TPSA) is 74.6 Å². The Labute approximate surface area is 117 Å². The second-order valence-corrected chi connectivity index (χ2v) is 5.39. The van der Waals surface area contributed by atoms with E-state index in [1.807, 2.05) is 22.6 Å². The third kappa shape index (κ3) is 3.65. The molecule has 0 aliphatic rings. The van der Waals surface area contributed by atoms with Gasteiger partial charge in [-0.1, -0.05) is 0 Å². The summed E-state index contributed by atoms with van der Waals surface area (Å²) in [6.45, 7) is 1.54. The van der Waals surface area contributed by atoms with Gasteiger partial charge >= 0.3 is 5.97 Å². The lowest BCUT2D eigenvalue weighted by atomic mass is 10.0. The molecule has 0 saturated carbocycles. The number of halogens is 2. The fraction of sp³-hybridized carbons (Fsp3) is 0.273. The number of carbonyl (C=O) groups is 2. The number of hydrogen-bond acceptors (Lipinski definition) is 3. The lowest BCUT2D eigenvalue weighted by Crippen LogP contribution is -2.14. The van der Waals surface area contributed by atoms with Gasteiger partial charge in [0.2, 0.25) is 0 Å². The monoisotopic (exact) mass is 368 g/mol. The van der Waals surface area contributed by atoms with Gasteiger partial charge in [-0.25, -0.2) is 4.79 Å². The number of aliphatic hydroxyl groups is 1. The summed E-state index contributed by atoms with van der Waals surface area (Å²) in [5, 5.41) is 17.4. The van der Waals surface area contributed by atoms with E-state index < -0.39 is 17.5 Å². The molecule has 0 aliphatic carbocycles. The highest BCUT2D eigenvalue weighted by atomic mass is 127. The SMILES string of the molecule is CC(Cl)C(=O)c1cc(I)cc(C(O)C(=O)O)c1. The van der Waals surface area contributed by atoms with Gasteiger partial charge in [-0.3, -0.25) is 4.79 Å². The predicted molar refractivity (Wildman–Crippen MR) is 71.4 cm³/mol. The molecular weight excluding hydrogens is 358 g/mol. The minimum Gasteiger partial charge on any atom is -0.479 e. The molecule has 1 aromatic rings. The van der Waals surface area contributed by atoms with Crippen LogP contribution in [0.25, 0.3) is 0 Å². The van der Waals surface area contributed by atoms with Gasteiger partial charge in [0.25, 0.3) is 0 Å². The number of alkyl halides is 1. The molecule has 0 aromatic heterocycles. The van der Waals surface area contributed by atoms with Crippen molar-refractivity contribution >= 4 is 45.9 Å². The molecule has 2 N–H and O–H groups in total. The first-order valence-electron chi connectivity index (χ1n) is 4.72. The highest BCUT2D eigenvalue weighted by molar-refractivity contribution is 14.1. The predicted octanol–water partition coefficient (Wildman–Crippen LogP) is 2.22. The van der Waals surface area contributed by atoms with Gasteiger partial charge in [0, 0.05) is 9.13 Å². The second kappa shape index (κ2) is 5.79. The summed E-state index contributed by atoms with van der Waals surface area (Å²) in [6, 6.07) is 4.46. The summed E-state index contributed by atoms with van der Waals surface area (Å²) in [5.74, 6) is -1.66. The van der Waals surface area contributed by atoms with Crippen LogP contribution in [0.3, 0.4) is 0 Å². The van der Waals surface area contributed by atoms with E-state index in [-0.39, 0.29) is 11.3 Å². The van der Waals surface area contributed by atoms with Crippen molar-refractivity contribution in [2.45, 2.75) is 18.4 Å². The number of benzene rings is 1. The van der Waals surface area contributed by atoms with E-state index in [2.05, 4.69) is 0 Å². The van der Waals surface area contributed by atoms with Crippen LogP contribution in [0.4, 0.5) is 0 Å². The Morgan fingerprint density at radius 1 is 1.35 bits per heavy atom. The standard InChI is InChI=1S/C11H10ClIO4/c1-5(12)9(14)6-2-7(4-8(13)3-6)10(15)11(16)17/h2-5,10,15H,1H3,(H,16,17). The van der Waals surface area contributed by atoms with Gasteiger partial charge in [-0.15, -0.1) is 11.6 Å². The number of Topliss-reactive ketones (excluding diaryl/α,β-unsaturated/α-hetero) is 1. The summed E-state index contributed by atoms with van der Waals surface area (Å²) in [7, 11) is 0. The lowest BCUT2D eigenvalue weighted by Gasteiger charge is -2.09. The molecule has 1 aromatic carbocycles. The Bertz CT molecular complexity index is 459. The minimum absolute atomic E-state index is 0.171. The largest absolute Gasteiger partial charge is 0.479 e. The number of ketones is 1. The van der Waals surface area contributed by atoms with E-state index >= 15 is 0 Å². The van der Waals surface area contributed by atoms with Crippen LogP contribution in [0.2, 0.25) is 0 Å². The van der Waals surface area contributed by atoms with Crippen LogP contribution in [0.15, 0.2) is 18.2 Å². The van der Waals surface area contributed by atoms with E-state index in [1.165, 1.54) is 19.1 Å². The van der Waals surface area contributed by atoms with Crippen LogP contribution >= 0.6 is 34.2 Å². The number of hydrogen-bond donors (Lipinski definition) is 2. The Hall–Kier alpha value is -0.660. The third-order valence-corrected chi connectivity index (χ3v) is 2.94. The molecule has 92 valence electrons. The summed E-state index contributed by atoms with van der Waals surface area (Å²) < 4.78 is 0.668. The molecule has 0 amide bonds. The number of carboxylic acid groups (broad SMARTS) is 1. The summed E-state index contributed by atoms with van der Waals surface area (Å²) in [5.41, 5.74) is 0.472. The highest BCUT2D eigenvalue weighted by Gasteiger charge is 2.20. The maximum atomic E-state index is 11.7. The van der Waals surface area contributed by atoms with E-state index in [4.69, 9.17) is 16.7 Å². The van der Waals surface area contributed by atoms with Gasteiger partial charge in [0.15, 0.2) is 11.9 Å². The molecule has 2 atom stereocenters. The van der Waals surface area contributed by atoms with Gasteiger partial charge in [0.05, 0.1) is 5.38 Å². The molecule has 0 heterocycles. The zero-order chi connectivity index (χ0) is 13.2. The molecule has 0 spiro atoms. The molecule has 0 saturated heterocycles. The highest BCUT2D eigenvalue weighted by Crippen LogP contribution is 2.20. The van der Waals surface area contributed by atoms with Gasteiger partial charge < -0.3 is 10.2 Å². The minimum atomic E-state index is -1.64. The zero-order valence-electron chi connectivity index (χ0n) is 8.85. The van der Waals surface area contributed by atoms with Crippen LogP contribution in [0.1, 0.15) is 28.9 Å². The Kier molecular flexibility index (Phi) is 4.91. The average Bonchev–Trinajstić information content (AvgIpc) is 2.25. The molecule has 0 radical (unpaired) electrons. The van der Waals surface area contributed by atoms with Gasteiger partial charge in [0.1, 0.15) is 0 Å². The van der Waals surface area contributed by atoms with Crippen molar-refractivity contribution < 1.29 is 19.8 Å². The molecule has 0 aliphatic heterocycles. The van der Waals surface area contributed by atoms with Crippen molar-refractivity contribution in [3.05, 3.63) is 32.9 Å². The summed E-state index contributed by atoms with van der Waals surface area (Å²) in [4.78, 5) is 22.3. The summed E-state index contributed by atoms with van der Waals surface area (Å²) >= 11 is 7.62. The first-order valence-corrected chi connectivity index (χ1v) is 6.24. The van der Waals surface area contributed by atoms with Crippen molar-refractivity contribution in [1.82, 2.24) is 0 Å². The fourth-order valence-electron chi connectivity index (χ4n) is 1.28. The van der Waals surface area contributed by atoms with Crippen molar-refractivity contribution in [3.8, 4) is 0 Å². The Balaban J connectivity index is 3.19. The Morgan fingerprint density at radius 2 is 1.94 bits per heavy atom.